The van der Waals surface area contributed by atoms with Crippen LogP contribution in [0.4, 0.5) is 0 Å². The molecule has 1 aliphatic rings. The van der Waals surface area contributed by atoms with Crippen molar-refractivity contribution in [3.8, 4) is 11.3 Å². The number of piperidine rings is 1. The molecule has 1 aromatic heterocycles. The highest BCUT2D eigenvalue weighted by Crippen LogP contribution is 2.30. The zero-order valence-electron chi connectivity index (χ0n) is 12.8. The van der Waals surface area contributed by atoms with E-state index in [0.717, 1.165) is 37.2 Å². The predicted octanol–water partition coefficient (Wildman–Crippen LogP) is 2.65. The summed E-state index contributed by atoms with van der Waals surface area (Å²) in [6, 6.07) is 10.3. The fraction of sp³-hybridized carbons (Fsp3) is 0.412. The lowest BCUT2D eigenvalue weighted by Gasteiger charge is -2.25. The molecule has 2 aromatic rings. The molecule has 0 amide bonds. The largest absolute Gasteiger partial charge is 0.462 e. The molecule has 0 atom stereocenters. The molecule has 1 saturated heterocycles. The summed E-state index contributed by atoms with van der Waals surface area (Å²) < 4.78 is 7.19. The van der Waals surface area contributed by atoms with Crippen LogP contribution < -0.4 is 5.32 Å². The van der Waals surface area contributed by atoms with Gasteiger partial charge in [0, 0.05) is 5.56 Å². The van der Waals surface area contributed by atoms with E-state index in [-0.39, 0.29) is 5.97 Å². The van der Waals surface area contributed by atoms with Gasteiger partial charge in [-0.25, -0.2) is 4.79 Å². The van der Waals surface area contributed by atoms with Crippen molar-refractivity contribution in [2.45, 2.75) is 25.8 Å². The lowest BCUT2D eigenvalue weighted by atomic mass is 10.0. The molecule has 1 aliphatic heterocycles. The third kappa shape index (κ3) is 2.90. The molecule has 0 unspecified atom stereocenters. The Kier molecular flexibility index (Phi) is 4.53. The molecule has 1 fully saturated rings. The van der Waals surface area contributed by atoms with Gasteiger partial charge in [0.05, 0.1) is 24.5 Å². The number of carbonyl (C=O) groups is 1. The molecule has 0 aliphatic carbocycles. The highest BCUT2D eigenvalue weighted by Gasteiger charge is 2.25. The van der Waals surface area contributed by atoms with E-state index in [0.29, 0.717) is 18.2 Å². The first-order valence-electron chi connectivity index (χ1n) is 7.82. The average molecular weight is 299 g/mol. The SMILES string of the molecule is CCOC(=O)c1cnn(C2CCNCC2)c1-c1ccccc1. The van der Waals surface area contributed by atoms with Gasteiger partial charge in [-0.3, -0.25) is 4.68 Å². The van der Waals surface area contributed by atoms with E-state index in [1.165, 1.54) is 0 Å². The van der Waals surface area contributed by atoms with Gasteiger partial charge in [-0.15, -0.1) is 0 Å². The number of rotatable bonds is 4. The van der Waals surface area contributed by atoms with Crippen molar-refractivity contribution in [3.63, 3.8) is 0 Å². The average Bonchev–Trinajstić information content (AvgIpc) is 3.02. The van der Waals surface area contributed by atoms with Crippen LogP contribution in [0.15, 0.2) is 36.5 Å². The summed E-state index contributed by atoms with van der Waals surface area (Å²) >= 11 is 0. The summed E-state index contributed by atoms with van der Waals surface area (Å²) in [5, 5.41) is 7.87. The number of benzene rings is 1. The van der Waals surface area contributed by atoms with Crippen LogP contribution >= 0.6 is 0 Å². The maximum absolute atomic E-state index is 12.2. The molecule has 5 heteroatoms. The fourth-order valence-electron chi connectivity index (χ4n) is 2.93. The lowest BCUT2D eigenvalue weighted by Crippen LogP contribution is -2.30. The van der Waals surface area contributed by atoms with Gasteiger partial charge >= 0.3 is 5.97 Å². The second-order valence-electron chi connectivity index (χ2n) is 5.42. The third-order valence-corrected chi connectivity index (χ3v) is 3.99. The minimum absolute atomic E-state index is 0.304. The number of hydrogen-bond acceptors (Lipinski definition) is 4. The summed E-state index contributed by atoms with van der Waals surface area (Å²) in [5.41, 5.74) is 2.42. The predicted molar refractivity (Wildman–Crippen MR) is 84.8 cm³/mol. The van der Waals surface area contributed by atoms with Gasteiger partial charge in [0.15, 0.2) is 0 Å². The van der Waals surface area contributed by atoms with E-state index < -0.39 is 0 Å². The molecule has 2 heterocycles. The number of nitrogens with one attached hydrogen (secondary N) is 1. The van der Waals surface area contributed by atoms with Crippen molar-refractivity contribution in [2.24, 2.45) is 0 Å². The highest BCUT2D eigenvalue weighted by atomic mass is 16.5. The van der Waals surface area contributed by atoms with Crippen LogP contribution in [0.25, 0.3) is 11.3 Å². The van der Waals surface area contributed by atoms with Gasteiger partial charge in [0.1, 0.15) is 5.56 Å². The van der Waals surface area contributed by atoms with E-state index in [1.807, 2.05) is 41.9 Å². The van der Waals surface area contributed by atoms with E-state index in [2.05, 4.69) is 10.4 Å². The smallest absolute Gasteiger partial charge is 0.341 e. The Morgan fingerprint density at radius 2 is 2.05 bits per heavy atom. The fourth-order valence-corrected chi connectivity index (χ4v) is 2.93. The quantitative estimate of drug-likeness (QED) is 0.882. The highest BCUT2D eigenvalue weighted by molar-refractivity contribution is 5.96. The molecule has 0 spiro atoms. The second kappa shape index (κ2) is 6.75. The first-order chi connectivity index (χ1) is 10.8. The normalized spacial score (nSPS) is 15.7. The van der Waals surface area contributed by atoms with Crippen molar-refractivity contribution in [1.29, 1.82) is 0 Å². The van der Waals surface area contributed by atoms with E-state index in [4.69, 9.17) is 4.74 Å². The van der Waals surface area contributed by atoms with Crippen molar-refractivity contribution in [2.75, 3.05) is 19.7 Å². The number of esters is 1. The van der Waals surface area contributed by atoms with Gasteiger partial charge in [-0.2, -0.15) is 5.10 Å². The zero-order valence-corrected chi connectivity index (χ0v) is 12.8. The molecule has 116 valence electrons. The summed E-state index contributed by atoms with van der Waals surface area (Å²) in [6.07, 6.45) is 3.68. The van der Waals surface area contributed by atoms with Crippen LogP contribution in [0.2, 0.25) is 0 Å². The van der Waals surface area contributed by atoms with Crippen LogP contribution in [0.3, 0.4) is 0 Å². The van der Waals surface area contributed by atoms with E-state index >= 15 is 0 Å². The zero-order chi connectivity index (χ0) is 15.4. The summed E-state index contributed by atoms with van der Waals surface area (Å²) in [6.45, 7) is 4.14. The number of carbonyl (C=O) groups excluding carboxylic acids is 1. The van der Waals surface area contributed by atoms with Crippen molar-refractivity contribution >= 4 is 5.97 Å². The van der Waals surface area contributed by atoms with Crippen LogP contribution in [0, 0.1) is 0 Å². The minimum atomic E-state index is -0.304. The monoisotopic (exact) mass is 299 g/mol. The molecule has 1 aromatic carbocycles. The van der Waals surface area contributed by atoms with Crippen LogP contribution in [-0.4, -0.2) is 35.4 Å². The molecule has 0 bridgehead atoms. The second-order valence-corrected chi connectivity index (χ2v) is 5.42. The lowest BCUT2D eigenvalue weighted by molar-refractivity contribution is 0.0527. The topological polar surface area (TPSA) is 56.1 Å². The summed E-state index contributed by atoms with van der Waals surface area (Å²) in [4.78, 5) is 12.2. The van der Waals surface area contributed by atoms with Gasteiger partial charge in [-0.1, -0.05) is 30.3 Å². The van der Waals surface area contributed by atoms with E-state index in [9.17, 15) is 4.79 Å². The van der Waals surface area contributed by atoms with Gasteiger partial charge in [-0.05, 0) is 32.9 Å². The van der Waals surface area contributed by atoms with Gasteiger partial charge in [0.25, 0.3) is 0 Å². The maximum Gasteiger partial charge on any atom is 0.341 e. The summed E-state index contributed by atoms with van der Waals surface area (Å²) in [7, 11) is 0. The maximum atomic E-state index is 12.2. The number of nitrogens with zero attached hydrogens (tertiary/aromatic N) is 2. The van der Waals surface area contributed by atoms with Crippen LogP contribution in [-0.2, 0) is 4.74 Å². The minimum Gasteiger partial charge on any atom is -0.462 e. The molecule has 0 saturated carbocycles. The molecule has 1 N–H and O–H groups in total. The molecule has 0 radical (unpaired) electrons. The Morgan fingerprint density at radius 3 is 2.73 bits per heavy atom. The Labute approximate surface area is 130 Å². The Bertz CT molecular complexity index is 631. The van der Waals surface area contributed by atoms with Crippen molar-refractivity contribution < 1.29 is 9.53 Å². The Balaban J connectivity index is 2.04. The van der Waals surface area contributed by atoms with Crippen molar-refractivity contribution in [1.82, 2.24) is 15.1 Å². The van der Waals surface area contributed by atoms with E-state index in [1.54, 1.807) is 6.20 Å². The Morgan fingerprint density at radius 1 is 1.32 bits per heavy atom. The Hall–Kier alpha value is -2.14. The molecular formula is C17H21N3O2. The third-order valence-electron chi connectivity index (χ3n) is 3.99. The molecule has 3 rings (SSSR count). The number of hydrogen-bond donors (Lipinski definition) is 1. The molecule has 22 heavy (non-hydrogen) atoms. The molecular weight excluding hydrogens is 278 g/mol. The van der Waals surface area contributed by atoms with Gasteiger partial charge in [0.2, 0.25) is 0 Å². The number of ether oxygens (including phenoxy) is 1. The van der Waals surface area contributed by atoms with Gasteiger partial charge < -0.3 is 10.1 Å². The first-order valence-corrected chi connectivity index (χ1v) is 7.82. The van der Waals surface area contributed by atoms with Crippen LogP contribution in [0.5, 0.6) is 0 Å². The first kappa shape index (κ1) is 14.8. The molecule has 5 nitrogen and oxygen atoms in total. The number of aromatic nitrogens is 2. The van der Waals surface area contributed by atoms with Crippen LogP contribution in [0.1, 0.15) is 36.2 Å². The standard InChI is InChI=1S/C17H21N3O2/c1-2-22-17(21)15-12-19-20(14-8-10-18-11-9-14)16(15)13-6-4-3-5-7-13/h3-7,12,14,18H,2,8-11H2,1H3. The van der Waals surface area contributed by atoms with Crippen molar-refractivity contribution in [3.05, 3.63) is 42.1 Å². The summed E-state index contributed by atoms with van der Waals surface area (Å²) in [5.74, 6) is -0.304.